The molecule has 4 bridgehead atoms. The van der Waals surface area contributed by atoms with Gasteiger partial charge in [0.25, 0.3) is 17.0 Å². The lowest BCUT2D eigenvalue weighted by Crippen LogP contribution is -2.62. The molecule has 1 spiro atoms. The Bertz CT molecular complexity index is 1230. The molecule has 0 unspecified atom stereocenters. The number of rotatable bonds is 3. The molecule has 172 valence electrons. The van der Waals surface area contributed by atoms with Gasteiger partial charge in [-0.2, -0.15) is 0 Å². The van der Waals surface area contributed by atoms with E-state index in [2.05, 4.69) is 10.2 Å². The third kappa shape index (κ3) is 2.91. The standard InChI is InChI=1S/C24H26N4O5/c1-13-19(21(29)28(27(13)2)18-6-4-3-5-7-18)25-26-20-22(30)32-24(33-23(20)31)16-9-14-8-15(11-16)12-17(24)10-14/h3-7,14-17,30H,8-12H2,1-2H3. The summed E-state index contributed by atoms with van der Waals surface area (Å²) in [6.45, 7) is 1.74. The number of aliphatic hydroxyl groups is 1. The van der Waals surface area contributed by atoms with Crippen molar-refractivity contribution in [1.29, 1.82) is 0 Å². The van der Waals surface area contributed by atoms with Crippen molar-refractivity contribution in [1.82, 2.24) is 9.36 Å². The number of carbonyl (C=O) groups is 1. The van der Waals surface area contributed by atoms with Crippen LogP contribution in [0.2, 0.25) is 0 Å². The monoisotopic (exact) mass is 450 g/mol. The van der Waals surface area contributed by atoms with Crippen LogP contribution in [0.4, 0.5) is 5.69 Å². The lowest BCUT2D eigenvalue weighted by Gasteiger charge is -2.59. The molecule has 1 aromatic heterocycles. The Kier molecular flexibility index (Phi) is 4.34. The highest BCUT2D eigenvalue weighted by atomic mass is 16.8. The zero-order valence-electron chi connectivity index (χ0n) is 18.6. The van der Waals surface area contributed by atoms with Crippen molar-refractivity contribution in [2.45, 2.75) is 44.8 Å². The molecule has 0 saturated heterocycles. The normalized spacial score (nSPS) is 32.6. The van der Waals surface area contributed by atoms with Crippen molar-refractivity contribution in [2.24, 2.45) is 40.9 Å². The van der Waals surface area contributed by atoms with Gasteiger partial charge in [-0.05, 0) is 63.0 Å². The first kappa shape index (κ1) is 20.3. The summed E-state index contributed by atoms with van der Waals surface area (Å²) in [5.41, 5.74) is 0.525. The highest BCUT2D eigenvalue weighted by Gasteiger charge is 2.64. The van der Waals surface area contributed by atoms with Crippen molar-refractivity contribution >= 4 is 11.7 Å². The van der Waals surface area contributed by atoms with Crippen LogP contribution in [0.1, 0.15) is 37.8 Å². The van der Waals surface area contributed by atoms with E-state index in [9.17, 15) is 14.7 Å². The van der Waals surface area contributed by atoms with Crippen molar-refractivity contribution in [2.75, 3.05) is 0 Å². The first-order chi connectivity index (χ1) is 15.9. The van der Waals surface area contributed by atoms with Gasteiger partial charge in [0.15, 0.2) is 5.69 Å². The number of nitrogens with zero attached hydrogens (tertiary/aromatic N) is 4. The number of aromatic nitrogens is 2. The van der Waals surface area contributed by atoms with Gasteiger partial charge in [-0.25, -0.2) is 9.48 Å². The summed E-state index contributed by atoms with van der Waals surface area (Å²) < 4.78 is 14.9. The number of hydrogen-bond donors (Lipinski definition) is 1. The van der Waals surface area contributed by atoms with Crippen molar-refractivity contribution in [3.05, 3.63) is 58.0 Å². The molecule has 7 rings (SSSR count). The summed E-state index contributed by atoms with van der Waals surface area (Å²) in [4.78, 5) is 25.9. The molecule has 0 amide bonds. The van der Waals surface area contributed by atoms with E-state index in [1.807, 2.05) is 30.3 Å². The Balaban J connectivity index is 1.32. The lowest BCUT2D eigenvalue weighted by atomic mass is 9.53. The molecular weight excluding hydrogens is 424 g/mol. The summed E-state index contributed by atoms with van der Waals surface area (Å²) in [7, 11) is 1.74. The van der Waals surface area contributed by atoms with Gasteiger partial charge >= 0.3 is 11.9 Å². The van der Waals surface area contributed by atoms with E-state index < -0.39 is 23.4 Å². The summed E-state index contributed by atoms with van der Waals surface area (Å²) in [6.07, 6.45) is 5.05. The summed E-state index contributed by atoms with van der Waals surface area (Å²) in [6, 6.07) is 9.16. The first-order valence-corrected chi connectivity index (χ1v) is 11.5. The number of benzene rings is 1. The number of ether oxygens (including phenoxy) is 2. The molecule has 1 N–H and O–H groups in total. The highest BCUT2D eigenvalue weighted by Crippen LogP contribution is 2.61. The second-order valence-corrected chi connectivity index (χ2v) is 9.78. The maximum Gasteiger partial charge on any atom is 0.369 e. The molecule has 4 aliphatic carbocycles. The van der Waals surface area contributed by atoms with Gasteiger partial charge in [0, 0.05) is 18.9 Å². The Morgan fingerprint density at radius 1 is 0.970 bits per heavy atom. The molecule has 2 heterocycles. The number of azo groups is 1. The summed E-state index contributed by atoms with van der Waals surface area (Å²) in [5, 5.41) is 18.6. The van der Waals surface area contributed by atoms with Crippen molar-refractivity contribution < 1.29 is 19.4 Å². The van der Waals surface area contributed by atoms with Gasteiger partial charge in [0.2, 0.25) is 0 Å². The number of esters is 1. The number of hydrogen-bond acceptors (Lipinski definition) is 7. The molecular formula is C24H26N4O5. The van der Waals surface area contributed by atoms with Gasteiger partial charge in [0.1, 0.15) is 0 Å². The number of carbonyl (C=O) groups excluding carboxylic acids is 1. The van der Waals surface area contributed by atoms with E-state index in [4.69, 9.17) is 9.47 Å². The Hall–Kier alpha value is -3.36. The fourth-order valence-electron chi connectivity index (χ4n) is 6.53. The summed E-state index contributed by atoms with van der Waals surface area (Å²) in [5.74, 6) is -0.941. The third-order valence-electron chi connectivity index (χ3n) is 7.95. The van der Waals surface area contributed by atoms with E-state index in [0.717, 1.165) is 25.7 Å². The minimum Gasteiger partial charge on any atom is -0.479 e. The molecule has 5 aliphatic rings. The molecule has 9 nitrogen and oxygen atoms in total. The smallest absolute Gasteiger partial charge is 0.369 e. The average molecular weight is 450 g/mol. The van der Waals surface area contributed by atoms with Crippen LogP contribution in [0, 0.1) is 30.6 Å². The van der Waals surface area contributed by atoms with Crippen LogP contribution in [0.3, 0.4) is 0 Å². The quantitative estimate of drug-likeness (QED) is 0.561. The maximum atomic E-state index is 13.0. The molecule has 1 aliphatic heterocycles. The second kappa shape index (κ2) is 7.07. The zero-order valence-corrected chi connectivity index (χ0v) is 18.6. The lowest BCUT2D eigenvalue weighted by molar-refractivity contribution is -0.325. The van der Waals surface area contributed by atoms with Gasteiger partial charge in [0.05, 0.1) is 11.4 Å². The van der Waals surface area contributed by atoms with Crippen LogP contribution >= 0.6 is 0 Å². The van der Waals surface area contributed by atoms with Gasteiger partial charge in [-0.1, -0.05) is 18.2 Å². The maximum absolute atomic E-state index is 13.0. The van der Waals surface area contributed by atoms with E-state index in [1.54, 1.807) is 18.7 Å². The van der Waals surface area contributed by atoms with Gasteiger partial charge in [-0.3, -0.25) is 9.48 Å². The Morgan fingerprint density at radius 2 is 1.61 bits per heavy atom. The molecule has 9 heteroatoms. The predicted molar refractivity (Wildman–Crippen MR) is 117 cm³/mol. The molecule has 33 heavy (non-hydrogen) atoms. The fraction of sp³-hybridized carbons (Fsp3) is 0.500. The van der Waals surface area contributed by atoms with E-state index in [0.29, 0.717) is 23.2 Å². The molecule has 0 atom stereocenters. The third-order valence-corrected chi connectivity index (χ3v) is 7.95. The minimum atomic E-state index is -1.10. The largest absolute Gasteiger partial charge is 0.479 e. The van der Waals surface area contributed by atoms with Crippen LogP contribution < -0.4 is 5.56 Å². The van der Waals surface area contributed by atoms with Crippen molar-refractivity contribution in [3.8, 4) is 5.69 Å². The fourth-order valence-corrected chi connectivity index (χ4v) is 6.53. The van der Waals surface area contributed by atoms with Gasteiger partial charge < -0.3 is 14.6 Å². The molecule has 4 saturated carbocycles. The number of aliphatic hydroxyl groups excluding tert-OH is 1. The van der Waals surface area contributed by atoms with Crippen LogP contribution in [0.15, 0.2) is 57.0 Å². The highest BCUT2D eigenvalue weighted by molar-refractivity contribution is 5.89. The first-order valence-electron chi connectivity index (χ1n) is 11.5. The van der Waals surface area contributed by atoms with Crippen LogP contribution in [0.25, 0.3) is 5.69 Å². The van der Waals surface area contributed by atoms with E-state index in [-0.39, 0.29) is 23.1 Å². The van der Waals surface area contributed by atoms with Crippen LogP contribution in [-0.2, 0) is 21.3 Å². The Labute approximate surface area is 190 Å². The molecule has 1 aromatic carbocycles. The van der Waals surface area contributed by atoms with Crippen LogP contribution in [-0.4, -0.2) is 26.2 Å². The Morgan fingerprint density at radius 3 is 2.21 bits per heavy atom. The average Bonchev–Trinajstić information content (AvgIpc) is 3.00. The predicted octanol–water partition coefficient (Wildman–Crippen LogP) is 4.02. The minimum absolute atomic E-state index is 0.0735. The SMILES string of the molecule is Cc1c(N=NC2=C(O)OC3(OC2=O)C2CC4CC(C2)CC3C4)c(=O)n(-c2ccccc2)n1C. The van der Waals surface area contributed by atoms with E-state index in [1.165, 1.54) is 11.1 Å². The molecule has 2 aromatic rings. The van der Waals surface area contributed by atoms with Crippen LogP contribution in [0.5, 0.6) is 0 Å². The number of para-hydroxylation sites is 1. The zero-order chi connectivity index (χ0) is 22.9. The van der Waals surface area contributed by atoms with Crippen molar-refractivity contribution in [3.63, 3.8) is 0 Å². The topological polar surface area (TPSA) is 107 Å². The van der Waals surface area contributed by atoms with Gasteiger partial charge in [-0.15, -0.1) is 10.2 Å². The molecule has 4 fully saturated rings. The second-order valence-electron chi connectivity index (χ2n) is 9.78. The molecule has 0 radical (unpaired) electrons. The summed E-state index contributed by atoms with van der Waals surface area (Å²) >= 11 is 0. The van der Waals surface area contributed by atoms with E-state index >= 15 is 0 Å².